The minimum atomic E-state index is 0. The summed E-state index contributed by atoms with van der Waals surface area (Å²) in [6.45, 7) is 6.02. The number of carbonyl (C=O) groups excluding carboxylic acids is 1. The van der Waals surface area contributed by atoms with Crippen molar-refractivity contribution in [2.45, 2.75) is 45.2 Å². The van der Waals surface area contributed by atoms with Crippen LogP contribution in [0.15, 0.2) is 24.3 Å². The molecule has 1 aromatic carbocycles. The molecule has 6 heteroatoms. The Labute approximate surface area is 163 Å². The van der Waals surface area contributed by atoms with E-state index in [4.69, 9.17) is 0 Å². The Bertz CT molecular complexity index is 498. The Hall–Kier alpha value is -0.810. The van der Waals surface area contributed by atoms with Crippen LogP contribution in [0.5, 0.6) is 0 Å². The van der Waals surface area contributed by atoms with Crippen molar-refractivity contribution in [1.29, 1.82) is 0 Å². The van der Waals surface area contributed by atoms with Crippen molar-refractivity contribution in [2.24, 2.45) is 5.92 Å². The van der Waals surface area contributed by atoms with Crippen LogP contribution < -0.4 is 10.6 Å². The molecular formula is C19H31Cl2N3O. The fourth-order valence-corrected chi connectivity index (χ4v) is 3.55. The van der Waals surface area contributed by atoms with E-state index in [-0.39, 0.29) is 36.6 Å². The second kappa shape index (κ2) is 11.7. The molecule has 1 amide bonds. The van der Waals surface area contributed by atoms with Gasteiger partial charge < -0.3 is 10.6 Å². The first kappa shape index (κ1) is 22.2. The van der Waals surface area contributed by atoms with Gasteiger partial charge in [-0.15, -0.1) is 24.8 Å². The first-order valence-electron chi connectivity index (χ1n) is 9.10. The summed E-state index contributed by atoms with van der Waals surface area (Å²) in [6.07, 6.45) is 6.16. The molecule has 0 saturated carbocycles. The summed E-state index contributed by atoms with van der Waals surface area (Å²) in [5.74, 6) is 0.330. The number of halogens is 2. The van der Waals surface area contributed by atoms with Crippen molar-refractivity contribution in [3.05, 3.63) is 35.4 Å². The lowest BCUT2D eigenvalue weighted by atomic mass is 9.99. The van der Waals surface area contributed by atoms with E-state index in [9.17, 15) is 4.79 Å². The van der Waals surface area contributed by atoms with Gasteiger partial charge in [-0.1, -0.05) is 30.7 Å². The number of piperidine rings is 2. The van der Waals surface area contributed by atoms with E-state index in [2.05, 4.69) is 39.8 Å². The molecule has 4 nitrogen and oxygen atoms in total. The van der Waals surface area contributed by atoms with Gasteiger partial charge in [-0.3, -0.25) is 9.69 Å². The second-order valence-corrected chi connectivity index (χ2v) is 6.91. The number of amides is 1. The van der Waals surface area contributed by atoms with Gasteiger partial charge in [0, 0.05) is 19.6 Å². The van der Waals surface area contributed by atoms with Gasteiger partial charge in [0.25, 0.3) is 0 Å². The van der Waals surface area contributed by atoms with Crippen LogP contribution in [0.4, 0.5) is 0 Å². The Balaban J connectivity index is 0.00000156. The molecule has 25 heavy (non-hydrogen) atoms. The number of likely N-dealkylation sites (tertiary alicyclic amines) is 1. The highest BCUT2D eigenvalue weighted by molar-refractivity contribution is 5.85. The molecule has 2 N–H and O–H groups in total. The van der Waals surface area contributed by atoms with E-state index in [0.717, 1.165) is 32.5 Å². The maximum atomic E-state index is 12.1. The van der Waals surface area contributed by atoms with Crippen LogP contribution in [0.25, 0.3) is 0 Å². The summed E-state index contributed by atoms with van der Waals surface area (Å²) in [7, 11) is 0. The largest absolute Gasteiger partial charge is 0.352 e. The van der Waals surface area contributed by atoms with Gasteiger partial charge in [0.15, 0.2) is 0 Å². The molecule has 3 rings (SSSR count). The fraction of sp³-hybridized carbons (Fsp3) is 0.632. The van der Waals surface area contributed by atoms with E-state index in [1.807, 2.05) is 0 Å². The van der Waals surface area contributed by atoms with Crippen molar-refractivity contribution in [2.75, 3.05) is 26.2 Å². The van der Waals surface area contributed by atoms with Crippen LogP contribution in [0.3, 0.4) is 0 Å². The van der Waals surface area contributed by atoms with Gasteiger partial charge in [-0.05, 0) is 56.4 Å². The van der Waals surface area contributed by atoms with Gasteiger partial charge >= 0.3 is 0 Å². The molecule has 1 atom stereocenters. The molecule has 2 aliphatic rings. The monoisotopic (exact) mass is 387 g/mol. The summed E-state index contributed by atoms with van der Waals surface area (Å²) in [5.41, 5.74) is 2.56. The molecular weight excluding hydrogens is 357 g/mol. The first-order valence-corrected chi connectivity index (χ1v) is 9.10. The van der Waals surface area contributed by atoms with Crippen molar-refractivity contribution in [3.8, 4) is 0 Å². The molecule has 2 fully saturated rings. The molecule has 0 spiro atoms. The number of hydrogen-bond acceptors (Lipinski definition) is 3. The van der Waals surface area contributed by atoms with E-state index in [1.54, 1.807) is 0 Å². The average Bonchev–Trinajstić information content (AvgIpc) is 2.62. The lowest BCUT2D eigenvalue weighted by molar-refractivity contribution is -0.125. The lowest BCUT2D eigenvalue weighted by Gasteiger charge is -2.26. The highest BCUT2D eigenvalue weighted by Gasteiger charge is 2.20. The Morgan fingerprint density at radius 2 is 1.72 bits per heavy atom. The van der Waals surface area contributed by atoms with Crippen molar-refractivity contribution in [1.82, 2.24) is 15.5 Å². The summed E-state index contributed by atoms with van der Waals surface area (Å²) >= 11 is 0. The SMILES string of the molecule is Cl.Cl.O=C(NCc1ccc(CN2CCCCC2)cc1)C1CCCNC1. The molecule has 0 aromatic heterocycles. The zero-order chi connectivity index (χ0) is 15.9. The maximum Gasteiger partial charge on any atom is 0.224 e. The third-order valence-electron chi connectivity index (χ3n) is 5.01. The zero-order valence-corrected chi connectivity index (χ0v) is 16.5. The summed E-state index contributed by atoms with van der Waals surface area (Å²) in [6, 6.07) is 8.72. The molecule has 2 heterocycles. The minimum absolute atomic E-state index is 0. The van der Waals surface area contributed by atoms with E-state index in [0.29, 0.717) is 6.54 Å². The van der Waals surface area contributed by atoms with Crippen LogP contribution >= 0.6 is 24.8 Å². The van der Waals surface area contributed by atoms with Gasteiger partial charge in [-0.25, -0.2) is 0 Å². The highest BCUT2D eigenvalue weighted by Crippen LogP contribution is 2.14. The van der Waals surface area contributed by atoms with Crippen LogP contribution in [-0.2, 0) is 17.9 Å². The Kier molecular flexibility index (Phi) is 10.4. The van der Waals surface area contributed by atoms with Crippen LogP contribution in [0, 0.1) is 5.92 Å². The predicted octanol–water partition coefficient (Wildman–Crippen LogP) is 3.13. The molecule has 0 radical (unpaired) electrons. The van der Waals surface area contributed by atoms with Crippen molar-refractivity contribution >= 4 is 30.7 Å². The van der Waals surface area contributed by atoms with Gasteiger partial charge in [0.2, 0.25) is 5.91 Å². The standard InChI is InChI=1S/C19H29N3O.2ClH/c23-19(18-5-4-10-20-14-18)21-13-16-6-8-17(9-7-16)15-22-11-2-1-3-12-22;;/h6-9,18,20H,1-5,10-15H2,(H,21,23);2*1H. The minimum Gasteiger partial charge on any atom is -0.352 e. The topological polar surface area (TPSA) is 44.4 Å². The summed E-state index contributed by atoms with van der Waals surface area (Å²) in [5, 5.41) is 6.37. The van der Waals surface area contributed by atoms with Gasteiger partial charge in [-0.2, -0.15) is 0 Å². The van der Waals surface area contributed by atoms with E-state index in [1.165, 1.54) is 43.5 Å². The normalized spacial score (nSPS) is 20.9. The molecule has 1 unspecified atom stereocenters. The van der Waals surface area contributed by atoms with Gasteiger partial charge in [0.05, 0.1) is 5.92 Å². The average molecular weight is 388 g/mol. The second-order valence-electron chi connectivity index (χ2n) is 6.91. The molecule has 142 valence electrons. The van der Waals surface area contributed by atoms with Gasteiger partial charge in [0.1, 0.15) is 0 Å². The third kappa shape index (κ3) is 7.14. The number of rotatable bonds is 5. The van der Waals surface area contributed by atoms with Crippen LogP contribution in [-0.4, -0.2) is 37.0 Å². The Morgan fingerprint density at radius 3 is 2.36 bits per heavy atom. The summed E-state index contributed by atoms with van der Waals surface area (Å²) in [4.78, 5) is 14.7. The Morgan fingerprint density at radius 1 is 1.04 bits per heavy atom. The predicted molar refractivity (Wildman–Crippen MR) is 108 cm³/mol. The lowest BCUT2D eigenvalue weighted by Crippen LogP contribution is -2.40. The van der Waals surface area contributed by atoms with Crippen LogP contribution in [0.1, 0.15) is 43.2 Å². The van der Waals surface area contributed by atoms with E-state index < -0.39 is 0 Å². The molecule has 2 aliphatic heterocycles. The smallest absolute Gasteiger partial charge is 0.224 e. The van der Waals surface area contributed by atoms with Crippen molar-refractivity contribution < 1.29 is 4.79 Å². The van der Waals surface area contributed by atoms with Crippen LogP contribution in [0.2, 0.25) is 0 Å². The van der Waals surface area contributed by atoms with E-state index >= 15 is 0 Å². The quantitative estimate of drug-likeness (QED) is 0.815. The first-order chi connectivity index (χ1) is 11.3. The number of nitrogens with one attached hydrogen (secondary N) is 2. The van der Waals surface area contributed by atoms with Crippen molar-refractivity contribution in [3.63, 3.8) is 0 Å². The fourth-order valence-electron chi connectivity index (χ4n) is 3.55. The molecule has 1 aromatic rings. The number of hydrogen-bond donors (Lipinski definition) is 2. The zero-order valence-electron chi connectivity index (χ0n) is 14.8. The highest BCUT2D eigenvalue weighted by atomic mass is 35.5. The number of nitrogens with zero attached hydrogens (tertiary/aromatic N) is 1. The third-order valence-corrected chi connectivity index (χ3v) is 5.01. The molecule has 2 saturated heterocycles. The molecule has 0 aliphatic carbocycles. The summed E-state index contributed by atoms with van der Waals surface area (Å²) < 4.78 is 0. The number of carbonyl (C=O) groups is 1. The number of benzene rings is 1. The maximum absolute atomic E-state index is 12.1. The molecule has 0 bridgehead atoms.